The molecule has 1 atom stereocenters. The van der Waals surface area contributed by atoms with Crippen molar-refractivity contribution in [3.8, 4) is 5.75 Å². The quantitative estimate of drug-likeness (QED) is 0.724. The number of halogens is 2. The van der Waals surface area contributed by atoms with Gasteiger partial charge in [0.2, 0.25) is 0 Å². The fourth-order valence-electron chi connectivity index (χ4n) is 0.968. The second-order valence-corrected chi connectivity index (χ2v) is 3.15. The van der Waals surface area contributed by atoms with Gasteiger partial charge >= 0.3 is 0 Å². The van der Waals surface area contributed by atoms with Crippen molar-refractivity contribution in [1.29, 1.82) is 0 Å². The first kappa shape index (κ1) is 11.0. The lowest BCUT2D eigenvalue weighted by Crippen LogP contribution is -2.22. The van der Waals surface area contributed by atoms with Gasteiger partial charge in [-0.05, 0) is 42.3 Å². The second kappa shape index (κ2) is 4.96. The molecule has 0 radical (unpaired) electrons. The van der Waals surface area contributed by atoms with Crippen LogP contribution >= 0.6 is 11.6 Å². The van der Waals surface area contributed by atoms with Crippen LogP contribution in [0, 0.1) is 5.82 Å². The molecule has 1 aromatic carbocycles. The van der Waals surface area contributed by atoms with Gasteiger partial charge < -0.3 is 4.74 Å². The Morgan fingerprint density at radius 2 is 2.07 bits per heavy atom. The van der Waals surface area contributed by atoms with Gasteiger partial charge in [-0.1, -0.05) is 6.92 Å². The van der Waals surface area contributed by atoms with E-state index in [0.717, 1.165) is 0 Å². The molecule has 0 spiro atoms. The van der Waals surface area contributed by atoms with Gasteiger partial charge in [0.15, 0.2) is 6.10 Å². The molecule has 0 N–H and O–H groups in total. The molecule has 1 rings (SSSR count). The van der Waals surface area contributed by atoms with Gasteiger partial charge in [0.05, 0.1) is 0 Å². The number of benzene rings is 1. The fraction of sp³-hybridized carbons (Fsp3) is 0.300. The molecule has 76 valence electrons. The first-order chi connectivity index (χ1) is 6.63. The van der Waals surface area contributed by atoms with Gasteiger partial charge in [0.1, 0.15) is 11.6 Å². The third-order valence-electron chi connectivity index (χ3n) is 1.72. The zero-order chi connectivity index (χ0) is 10.6. The van der Waals surface area contributed by atoms with Crippen LogP contribution in [0.5, 0.6) is 5.75 Å². The van der Waals surface area contributed by atoms with Crippen LogP contribution in [0.25, 0.3) is 0 Å². The first-order valence-corrected chi connectivity index (χ1v) is 4.63. The lowest BCUT2D eigenvalue weighted by molar-refractivity contribution is -0.117. The average Bonchev–Trinajstić information content (AvgIpc) is 2.16. The zero-order valence-electron chi connectivity index (χ0n) is 7.67. The SMILES string of the molecule is CC[C@H](Oc1ccc(F)cc1)C(=O)Cl. The molecule has 0 unspecified atom stereocenters. The highest BCUT2D eigenvalue weighted by Gasteiger charge is 2.15. The highest BCUT2D eigenvalue weighted by Crippen LogP contribution is 2.15. The fourth-order valence-corrected chi connectivity index (χ4v) is 1.17. The maximum atomic E-state index is 12.5. The summed E-state index contributed by atoms with van der Waals surface area (Å²) >= 11 is 5.29. The van der Waals surface area contributed by atoms with Gasteiger partial charge in [-0.15, -0.1) is 0 Å². The third-order valence-corrected chi connectivity index (χ3v) is 1.96. The predicted octanol–water partition coefficient (Wildman–Crippen LogP) is 2.75. The average molecular weight is 217 g/mol. The van der Waals surface area contributed by atoms with E-state index in [9.17, 15) is 9.18 Å². The molecule has 0 amide bonds. The minimum atomic E-state index is -0.665. The number of hydrogen-bond donors (Lipinski definition) is 0. The van der Waals surface area contributed by atoms with Gasteiger partial charge in [0.25, 0.3) is 5.24 Å². The molecule has 2 nitrogen and oxygen atoms in total. The summed E-state index contributed by atoms with van der Waals surface area (Å²) in [7, 11) is 0. The molecule has 0 fully saturated rings. The molecule has 0 heterocycles. The normalized spacial score (nSPS) is 12.2. The number of carbonyl (C=O) groups excluding carboxylic acids is 1. The van der Waals surface area contributed by atoms with Gasteiger partial charge in [-0.2, -0.15) is 0 Å². The first-order valence-electron chi connectivity index (χ1n) is 4.25. The number of carbonyl (C=O) groups is 1. The monoisotopic (exact) mass is 216 g/mol. The van der Waals surface area contributed by atoms with Gasteiger partial charge in [-0.25, -0.2) is 4.39 Å². The van der Waals surface area contributed by atoms with Crippen molar-refractivity contribution in [2.24, 2.45) is 0 Å². The van der Waals surface area contributed by atoms with E-state index in [-0.39, 0.29) is 5.82 Å². The molecule has 0 aliphatic heterocycles. The van der Waals surface area contributed by atoms with Crippen LogP contribution < -0.4 is 4.74 Å². The highest BCUT2D eigenvalue weighted by atomic mass is 35.5. The summed E-state index contributed by atoms with van der Waals surface area (Å²) in [5.74, 6) is 0.0925. The molecule has 0 aliphatic rings. The number of hydrogen-bond acceptors (Lipinski definition) is 2. The van der Waals surface area contributed by atoms with Crippen LogP contribution in [0.3, 0.4) is 0 Å². The molecule has 0 aromatic heterocycles. The Hall–Kier alpha value is -1.09. The van der Waals surface area contributed by atoms with Crippen LogP contribution in [-0.2, 0) is 4.79 Å². The summed E-state index contributed by atoms with van der Waals surface area (Å²) in [6.07, 6.45) is -0.179. The lowest BCUT2D eigenvalue weighted by atomic mass is 10.3. The van der Waals surface area contributed by atoms with E-state index in [2.05, 4.69) is 0 Å². The summed E-state index contributed by atoms with van der Waals surface area (Å²) < 4.78 is 17.7. The van der Waals surface area contributed by atoms with Crippen molar-refractivity contribution in [1.82, 2.24) is 0 Å². The Kier molecular flexibility index (Phi) is 3.89. The maximum Gasteiger partial charge on any atom is 0.262 e. The molecule has 0 saturated heterocycles. The standard InChI is InChI=1S/C10H10ClFO2/c1-2-9(10(11)13)14-8-5-3-7(12)4-6-8/h3-6,9H,2H2,1H3/t9-/m0/s1. The van der Waals surface area contributed by atoms with Crippen LogP contribution in [0.1, 0.15) is 13.3 Å². The minimum Gasteiger partial charge on any atom is -0.481 e. The molecule has 0 saturated carbocycles. The van der Waals surface area contributed by atoms with Gasteiger partial charge in [0, 0.05) is 0 Å². The van der Waals surface area contributed by atoms with E-state index >= 15 is 0 Å². The Morgan fingerprint density at radius 1 is 1.50 bits per heavy atom. The smallest absolute Gasteiger partial charge is 0.262 e. The van der Waals surface area contributed by atoms with Crippen LogP contribution in [-0.4, -0.2) is 11.3 Å². The topological polar surface area (TPSA) is 26.3 Å². The lowest BCUT2D eigenvalue weighted by Gasteiger charge is -2.12. The van der Waals surface area contributed by atoms with E-state index in [1.807, 2.05) is 0 Å². The summed E-state index contributed by atoms with van der Waals surface area (Å²) in [4.78, 5) is 10.8. The Balaban J connectivity index is 2.67. The summed E-state index contributed by atoms with van der Waals surface area (Å²) in [5.41, 5.74) is 0. The van der Waals surface area contributed by atoms with Crippen molar-refractivity contribution in [2.45, 2.75) is 19.4 Å². The second-order valence-electron chi connectivity index (χ2n) is 2.77. The molecular weight excluding hydrogens is 207 g/mol. The molecule has 14 heavy (non-hydrogen) atoms. The van der Waals surface area contributed by atoms with E-state index in [1.54, 1.807) is 6.92 Å². The van der Waals surface area contributed by atoms with E-state index in [1.165, 1.54) is 24.3 Å². The van der Waals surface area contributed by atoms with Crippen molar-refractivity contribution in [3.05, 3.63) is 30.1 Å². The summed E-state index contributed by atoms with van der Waals surface area (Å²) in [6, 6.07) is 5.44. The molecule has 0 aliphatic carbocycles. The third kappa shape index (κ3) is 3.00. The van der Waals surface area contributed by atoms with Crippen molar-refractivity contribution >= 4 is 16.8 Å². The van der Waals surface area contributed by atoms with Crippen LogP contribution in [0.2, 0.25) is 0 Å². The predicted molar refractivity (Wildman–Crippen MR) is 52.0 cm³/mol. The number of rotatable bonds is 4. The zero-order valence-corrected chi connectivity index (χ0v) is 8.42. The molecule has 1 aromatic rings. The Labute approximate surface area is 86.6 Å². The summed E-state index contributed by atoms with van der Waals surface area (Å²) in [6.45, 7) is 1.79. The largest absolute Gasteiger partial charge is 0.481 e. The van der Waals surface area contributed by atoms with E-state index in [0.29, 0.717) is 12.2 Å². The van der Waals surface area contributed by atoms with Crippen LogP contribution in [0.4, 0.5) is 4.39 Å². The Morgan fingerprint density at radius 3 is 2.50 bits per heavy atom. The molecule has 4 heteroatoms. The number of ether oxygens (including phenoxy) is 1. The van der Waals surface area contributed by atoms with E-state index < -0.39 is 11.3 Å². The van der Waals surface area contributed by atoms with E-state index in [4.69, 9.17) is 16.3 Å². The van der Waals surface area contributed by atoms with Gasteiger partial charge in [-0.3, -0.25) is 4.79 Å². The molecular formula is C10H10ClFO2. The summed E-state index contributed by atoms with van der Waals surface area (Å²) in [5, 5.41) is -0.545. The highest BCUT2D eigenvalue weighted by molar-refractivity contribution is 6.64. The van der Waals surface area contributed by atoms with Crippen LogP contribution in [0.15, 0.2) is 24.3 Å². The Bertz CT molecular complexity index is 310. The van der Waals surface area contributed by atoms with Crippen molar-refractivity contribution in [2.75, 3.05) is 0 Å². The van der Waals surface area contributed by atoms with Crippen molar-refractivity contribution < 1.29 is 13.9 Å². The molecule has 0 bridgehead atoms. The van der Waals surface area contributed by atoms with Crippen molar-refractivity contribution in [3.63, 3.8) is 0 Å². The maximum absolute atomic E-state index is 12.5. The minimum absolute atomic E-state index is 0.345.